The van der Waals surface area contributed by atoms with Gasteiger partial charge in [-0.1, -0.05) is 20.3 Å². The minimum Gasteiger partial charge on any atom is -0.481 e. The van der Waals surface area contributed by atoms with Crippen molar-refractivity contribution in [2.24, 2.45) is 34.5 Å². The zero-order valence-corrected chi connectivity index (χ0v) is 42.7. The zero-order chi connectivity index (χ0) is 50.7. The maximum absolute atomic E-state index is 12.6. The summed E-state index contributed by atoms with van der Waals surface area (Å²) in [5, 5.41) is 81.6. The molecule has 2 amide bonds. The first-order valence-corrected chi connectivity index (χ1v) is 27.6. The van der Waals surface area contributed by atoms with Crippen molar-refractivity contribution in [2.45, 2.75) is 240 Å². The Morgan fingerprint density at radius 1 is 0.775 bits per heavy atom. The molecule has 10 rings (SSSR count). The van der Waals surface area contributed by atoms with Crippen LogP contribution in [0.15, 0.2) is 11.6 Å². The van der Waals surface area contributed by atoms with Crippen LogP contribution in [0.5, 0.6) is 0 Å². The number of hydrogen-bond donors (Lipinski definition) is 9. The average Bonchev–Trinajstić information content (AvgIpc) is 4.07. The van der Waals surface area contributed by atoms with E-state index in [4.69, 9.17) is 38.3 Å². The number of nitrogens with one attached hydrogen (secondary N) is 2. The number of carboxylic acids is 1. The third-order valence-electron chi connectivity index (χ3n) is 19.0. The number of cyclic esters (lactones) is 1. The van der Waals surface area contributed by atoms with E-state index in [0.717, 1.165) is 69.1 Å². The van der Waals surface area contributed by atoms with Crippen molar-refractivity contribution in [2.75, 3.05) is 12.4 Å². The van der Waals surface area contributed by atoms with Gasteiger partial charge in [-0.05, 0) is 120 Å². The van der Waals surface area contributed by atoms with E-state index >= 15 is 0 Å². The molecule has 6 heterocycles. The number of rotatable bonds is 12. The number of amides is 2. The summed E-state index contributed by atoms with van der Waals surface area (Å²) < 4.78 is 42.1. The number of carbonyl (C=O) groups excluding carboxylic acids is 2. The highest BCUT2D eigenvalue weighted by molar-refractivity contribution is 8.00. The molecule has 402 valence electrons. The van der Waals surface area contributed by atoms with Gasteiger partial charge in [0, 0.05) is 48.2 Å². The van der Waals surface area contributed by atoms with Crippen molar-refractivity contribution in [3.05, 3.63) is 11.6 Å². The van der Waals surface area contributed by atoms with Gasteiger partial charge in [-0.3, -0.25) is 4.79 Å². The molecule has 24 atom stereocenters. The van der Waals surface area contributed by atoms with Crippen LogP contribution in [0.2, 0.25) is 0 Å². The number of aliphatic hydroxyl groups is 6. The number of unbranched alkanes of at least 4 members (excludes halogenated alkanes) is 1. The van der Waals surface area contributed by atoms with E-state index in [2.05, 4.69) is 17.6 Å². The summed E-state index contributed by atoms with van der Waals surface area (Å²) in [5.41, 5.74) is -0.892. The summed E-state index contributed by atoms with van der Waals surface area (Å²) in [5.74, 6) is 0.441. The number of hydrogen-bond acceptors (Lipinski definition) is 17. The molecule has 19 nitrogen and oxygen atoms in total. The van der Waals surface area contributed by atoms with Crippen LogP contribution >= 0.6 is 11.8 Å². The third-order valence-corrected chi connectivity index (χ3v) is 20.5. The predicted molar refractivity (Wildman–Crippen MR) is 254 cm³/mol. The molecule has 0 radical (unpaired) electrons. The van der Waals surface area contributed by atoms with Crippen LogP contribution in [-0.4, -0.2) is 175 Å². The summed E-state index contributed by atoms with van der Waals surface area (Å²) in [4.78, 5) is 33.4. The summed E-state index contributed by atoms with van der Waals surface area (Å²) in [6.45, 7) is 9.90. The monoisotopic (exact) mass is 1020 g/mol. The van der Waals surface area contributed by atoms with Crippen molar-refractivity contribution in [1.29, 1.82) is 0 Å². The van der Waals surface area contributed by atoms with Crippen molar-refractivity contribution in [1.82, 2.24) is 10.6 Å². The Labute approximate surface area is 420 Å². The molecule has 10 aliphatic rings. The number of ether oxygens (including phenoxy) is 7. The number of aliphatic carboxylic acids is 1. The Hall–Kier alpha value is -2.18. The van der Waals surface area contributed by atoms with Gasteiger partial charge in [0.15, 0.2) is 18.9 Å². The van der Waals surface area contributed by atoms with E-state index in [9.17, 15) is 45.0 Å². The molecule has 0 bridgehead atoms. The topological polar surface area (TPSA) is 281 Å². The van der Waals surface area contributed by atoms with Crippen LogP contribution < -0.4 is 10.6 Å². The standard InChI is InChI=1S/C41H64O14.C10H16N2O3S/c1-19-36(47)28(42)15-34(50-19)54-38-21(3)52-35(17-30(38)44)55-37-20(2)51-33(16-29(37)43)53-24-8-10-39(4)23(13-24)6-7-26-27(39)14-31(45)40(5)25(9-11-41(26,40)48)22-12-32(46)49-18-22;13-8(14)4-2-1-3-7-9-6(5-16-7)11-10(15)12-9/h12,19-21,23-31,33-38,42-45,47-48H,6-11,13-18H2,1-5H3;6-7,9H,1-5H2,(H,13,14)(H2,11,12,15)/t19-,20-,21-,23-,24+,25-,26-,27+,28+,29+,30+,31-,33+,34+,35+,36-,37-,38-,39+,40+,41+;6-,7-,9-/m10/s1. The van der Waals surface area contributed by atoms with Crippen LogP contribution in [0, 0.1) is 34.5 Å². The van der Waals surface area contributed by atoms with E-state index in [0.29, 0.717) is 24.0 Å². The Morgan fingerprint density at radius 2 is 1.42 bits per heavy atom. The normalized spacial score (nSPS) is 50.2. The minimum atomic E-state index is -1.01. The molecule has 0 unspecified atom stereocenters. The lowest BCUT2D eigenvalue weighted by Gasteiger charge is -2.65. The summed E-state index contributed by atoms with van der Waals surface area (Å²) >= 11 is 1.87. The fraction of sp³-hybridized carbons (Fsp3) is 0.902. The summed E-state index contributed by atoms with van der Waals surface area (Å²) in [6, 6.07) is 0.440. The number of carboxylic acid groups (broad SMARTS) is 1. The van der Waals surface area contributed by atoms with Crippen LogP contribution in [-0.2, 0) is 42.7 Å². The van der Waals surface area contributed by atoms with Crippen LogP contribution in [0.3, 0.4) is 0 Å². The van der Waals surface area contributed by atoms with Gasteiger partial charge in [0.1, 0.15) is 24.9 Å². The first-order valence-electron chi connectivity index (χ1n) is 26.5. The quantitative estimate of drug-likeness (QED) is 0.0588. The second-order valence-corrected chi connectivity index (χ2v) is 24.3. The smallest absolute Gasteiger partial charge is 0.331 e. The molecule has 0 aromatic carbocycles. The third kappa shape index (κ3) is 10.6. The predicted octanol–water partition coefficient (Wildman–Crippen LogP) is 3.01. The Balaban J connectivity index is 0.000000331. The number of urea groups is 1. The molecule has 9 fully saturated rings. The maximum atomic E-state index is 12.6. The molecule has 6 aliphatic heterocycles. The van der Waals surface area contributed by atoms with Gasteiger partial charge in [-0.2, -0.15) is 11.8 Å². The average molecular weight is 1030 g/mol. The molecule has 20 heteroatoms. The van der Waals surface area contributed by atoms with Crippen molar-refractivity contribution in [3.63, 3.8) is 0 Å². The number of fused-ring (bicyclic) bond motifs is 6. The first kappa shape index (κ1) is 53.6. The van der Waals surface area contributed by atoms with E-state index in [-0.39, 0.29) is 85.6 Å². The van der Waals surface area contributed by atoms with E-state index in [1.807, 2.05) is 25.6 Å². The van der Waals surface area contributed by atoms with E-state index in [1.54, 1.807) is 19.9 Å². The van der Waals surface area contributed by atoms with E-state index < -0.39 is 96.9 Å². The Bertz CT molecular complexity index is 1920. The summed E-state index contributed by atoms with van der Waals surface area (Å²) in [6.07, 6.45) is 1.37. The molecule has 5 saturated heterocycles. The summed E-state index contributed by atoms with van der Waals surface area (Å²) in [7, 11) is 0. The highest BCUT2D eigenvalue weighted by Crippen LogP contribution is 2.70. The molecule has 0 aromatic rings. The van der Waals surface area contributed by atoms with Gasteiger partial charge in [0.05, 0.1) is 66.5 Å². The number of aliphatic hydroxyl groups excluding tert-OH is 5. The fourth-order valence-corrected chi connectivity index (χ4v) is 16.6. The second-order valence-electron chi connectivity index (χ2n) is 23.1. The number of esters is 1. The molecule has 4 aliphatic carbocycles. The molecule has 0 spiro atoms. The largest absolute Gasteiger partial charge is 0.481 e. The lowest BCUT2D eigenvalue weighted by Crippen LogP contribution is -2.67. The fourth-order valence-electron chi connectivity index (χ4n) is 15.0. The lowest BCUT2D eigenvalue weighted by atomic mass is 9.42. The molecule has 4 saturated carbocycles. The minimum absolute atomic E-state index is 0.0452. The first-order chi connectivity index (χ1) is 33.7. The molecular weight excluding hydrogens is 945 g/mol. The van der Waals surface area contributed by atoms with Gasteiger partial charge in [-0.15, -0.1) is 0 Å². The molecular formula is C51H80N2O17S. The van der Waals surface area contributed by atoms with Gasteiger partial charge in [0.2, 0.25) is 0 Å². The lowest BCUT2D eigenvalue weighted by molar-refractivity contribution is -0.336. The van der Waals surface area contributed by atoms with Crippen molar-refractivity contribution in [3.8, 4) is 0 Å². The molecule has 0 aromatic heterocycles. The molecule has 71 heavy (non-hydrogen) atoms. The van der Waals surface area contributed by atoms with Gasteiger partial charge >= 0.3 is 18.0 Å². The second kappa shape index (κ2) is 21.4. The van der Waals surface area contributed by atoms with Crippen LogP contribution in [0.25, 0.3) is 0 Å². The highest BCUT2D eigenvalue weighted by atomic mass is 32.2. The van der Waals surface area contributed by atoms with Crippen LogP contribution in [0.4, 0.5) is 4.79 Å². The number of thioether (sulfide) groups is 1. The van der Waals surface area contributed by atoms with Gasteiger partial charge < -0.3 is 79.5 Å². The molecule has 9 N–H and O–H groups in total. The van der Waals surface area contributed by atoms with Crippen molar-refractivity contribution < 1.29 is 83.3 Å². The SMILES string of the molecule is C[C@H]1O[C@@H](O[C@H]2[C@@H](O)C[C@H](O[C@H]3[C@@H](O)C[C@H](O[C@H]4CC[C@@]5(C)[C@H](CC[C@@H]6[C@@H]5C[C@@H](O)[C@]5(C)[C@@H](C7=CC(=O)OC7)CC[C@]65O)C4)O[C@@H]3C)O[C@@H]2C)C[C@H](O)[C@@H]1O.O=C(O)CCCC[C@@H]1SC[C@@H]2NC(=O)N[C@@H]21. The Morgan fingerprint density at radius 3 is 2.04 bits per heavy atom. The van der Waals surface area contributed by atoms with Crippen molar-refractivity contribution >= 4 is 29.7 Å². The zero-order valence-electron chi connectivity index (χ0n) is 41.8. The van der Waals surface area contributed by atoms with E-state index in [1.165, 1.54) is 0 Å². The number of carbonyl (C=O) groups is 3. The van der Waals surface area contributed by atoms with Crippen LogP contribution in [0.1, 0.15) is 131 Å². The van der Waals surface area contributed by atoms with Gasteiger partial charge in [-0.25, -0.2) is 9.59 Å². The highest BCUT2D eigenvalue weighted by Gasteiger charge is 2.71. The maximum Gasteiger partial charge on any atom is 0.331 e. The Kier molecular flexibility index (Phi) is 16.2. The van der Waals surface area contributed by atoms with Gasteiger partial charge in [0.25, 0.3) is 0 Å².